The van der Waals surface area contributed by atoms with Crippen molar-refractivity contribution in [3.05, 3.63) is 119 Å². The summed E-state index contributed by atoms with van der Waals surface area (Å²) in [6, 6.07) is 28.7. The fourth-order valence-corrected chi connectivity index (χ4v) is 3.76. The number of aromatic nitrogens is 2. The van der Waals surface area contributed by atoms with Gasteiger partial charge in [0.05, 0.1) is 23.8 Å². The molecule has 0 saturated heterocycles. The summed E-state index contributed by atoms with van der Waals surface area (Å²) < 4.78 is 6.84. The lowest BCUT2D eigenvalue weighted by Crippen LogP contribution is -2.21. The normalized spacial score (nSPS) is 10.9. The minimum atomic E-state index is -0.585. The van der Waals surface area contributed by atoms with Crippen LogP contribution in [0.3, 0.4) is 0 Å². The lowest BCUT2D eigenvalue weighted by molar-refractivity contribution is 0.155. The topological polar surface area (TPSA) is 73.2 Å². The first kappa shape index (κ1) is 20.5. The van der Waals surface area contributed by atoms with E-state index in [1.807, 2.05) is 54.6 Å². The van der Waals surface area contributed by atoms with Crippen molar-refractivity contribution < 1.29 is 9.53 Å². The highest BCUT2D eigenvalue weighted by atomic mass is 16.5. The molecule has 0 aliphatic heterocycles. The second-order valence-electron chi connectivity index (χ2n) is 7.78. The summed E-state index contributed by atoms with van der Waals surface area (Å²) in [4.78, 5) is 29.7. The minimum Gasteiger partial charge on any atom is -0.444 e. The van der Waals surface area contributed by atoms with E-state index >= 15 is 0 Å². The standard InChI is InChI=1S/C27H21N3O3/c31-26-24-15-23(29-27(32)33-17-19-6-2-1-3-7-19)12-13-25(24)28-18-30(26)16-20-10-11-21-8-4-5-9-22(21)14-20/h1-15,18H,16-17H2,(H,29,32). The SMILES string of the molecule is O=C(Nc1ccc2ncn(Cc3ccc4ccccc4c3)c(=O)c2c1)OCc1ccccc1. The van der Waals surface area contributed by atoms with Gasteiger partial charge in [0.15, 0.2) is 0 Å². The van der Waals surface area contributed by atoms with Crippen LogP contribution in [0.1, 0.15) is 11.1 Å². The van der Waals surface area contributed by atoms with E-state index in [2.05, 4.69) is 28.5 Å². The molecule has 0 aliphatic rings. The molecule has 4 aromatic carbocycles. The number of nitrogens with one attached hydrogen (secondary N) is 1. The molecular weight excluding hydrogens is 414 g/mol. The third-order valence-corrected chi connectivity index (χ3v) is 5.45. The lowest BCUT2D eigenvalue weighted by Gasteiger charge is -2.10. The minimum absolute atomic E-state index is 0.167. The Labute approximate surface area is 190 Å². The summed E-state index contributed by atoms with van der Waals surface area (Å²) in [5, 5.41) is 5.39. The molecule has 6 heteroatoms. The van der Waals surface area contributed by atoms with Gasteiger partial charge in [-0.2, -0.15) is 0 Å². The van der Waals surface area contributed by atoms with Crippen LogP contribution >= 0.6 is 0 Å². The molecule has 0 radical (unpaired) electrons. The first-order chi connectivity index (χ1) is 16.2. The molecule has 6 nitrogen and oxygen atoms in total. The molecule has 5 rings (SSSR count). The van der Waals surface area contributed by atoms with Gasteiger partial charge >= 0.3 is 6.09 Å². The van der Waals surface area contributed by atoms with Crippen molar-refractivity contribution in [2.45, 2.75) is 13.2 Å². The fraction of sp³-hybridized carbons (Fsp3) is 0.0741. The van der Waals surface area contributed by atoms with Crippen molar-refractivity contribution in [1.82, 2.24) is 9.55 Å². The van der Waals surface area contributed by atoms with Crippen LogP contribution in [0.5, 0.6) is 0 Å². The van der Waals surface area contributed by atoms with E-state index < -0.39 is 6.09 Å². The van der Waals surface area contributed by atoms with Gasteiger partial charge in [0.1, 0.15) is 6.61 Å². The van der Waals surface area contributed by atoms with Gasteiger partial charge in [-0.05, 0) is 46.2 Å². The number of carbonyl (C=O) groups excluding carboxylic acids is 1. The van der Waals surface area contributed by atoms with Crippen molar-refractivity contribution in [1.29, 1.82) is 0 Å². The maximum Gasteiger partial charge on any atom is 0.411 e. The number of amides is 1. The van der Waals surface area contributed by atoms with Crippen molar-refractivity contribution in [3.63, 3.8) is 0 Å². The Balaban J connectivity index is 1.35. The zero-order valence-corrected chi connectivity index (χ0v) is 17.8. The third-order valence-electron chi connectivity index (χ3n) is 5.45. The molecule has 1 amide bonds. The molecule has 0 fully saturated rings. The molecule has 0 spiro atoms. The van der Waals surface area contributed by atoms with Gasteiger partial charge < -0.3 is 4.74 Å². The Morgan fingerprint density at radius 2 is 1.64 bits per heavy atom. The van der Waals surface area contributed by atoms with Crippen molar-refractivity contribution in [2.24, 2.45) is 0 Å². The van der Waals surface area contributed by atoms with Gasteiger partial charge in [-0.15, -0.1) is 0 Å². The van der Waals surface area contributed by atoms with Crippen molar-refractivity contribution in [3.8, 4) is 0 Å². The van der Waals surface area contributed by atoms with Gasteiger partial charge in [0, 0.05) is 5.69 Å². The average molecular weight is 435 g/mol. The zero-order valence-electron chi connectivity index (χ0n) is 17.8. The van der Waals surface area contributed by atoms with Gasteiger partial charge in [-0.1, -0.05) is 66.7 Å². The Morgan fingerprint density at radius 3 is 2.48 bits per heavy atom. The summed E-state index contributed by atoms with van der Waals surface area (Å²) in [6.07, 6.45) is 0.972. The van der Waals surface area contributed by atoms with E-state index in [1.165, 1.54) is 0 Å². The Bertz CT molecular complexity index is 1510. The number of carbonyl (C=O) groups is 1. The van der Waals surface area contributed by atoms with Crippen LogP contribution in [0.2, 0.25) is 0 Å². The van der Waals surface area contributed by atoms with E-state index in [0.717, 1.165) is 21.9 Å². The van der Waals surface area contributed by atoms with E-state index in [9.17, 15) is 9.59 Å². The van der Waals surface area contributed by atoms with Gasteiger partial charge in [0.25, 0.3) is 5.56 Å². The monoisotopic (exact) mass is 435 g/mol. The fourth-order valence-electron chi connectivity index (χ4n) is 3.76. The molecular formula is C27H21N3O3. The van der Waals surface area contributed by atoms with Crippen LogP contribution in [0, 0.1) is 0 Å². The van der Waals surface area contributed by atoms with E-state index in [4.69, 9.17) is 4.74 Å². The molecule has 0 saturated carbocycles. The number of rotatable bonds is 5. The molecule has 0 unspecified atom stereocenters. The predicted octanol–water partition coefficient (Wildman–Crippen LogP) is 5.35. The molecule has 0 aliphatic carbocycles. The number of benzene rings is 4. The summed E-state index contributed by atoms with van der Waals surface area (Å²) in [6.45, 7) is 0.573. The smallest absolute Gasteiger partial charge is 0.411 e. The quantitative estimate of drug-likeness (QED) is 0.404. The highest BCUT2D eigenvalue weighted by molar-refractivity contribution is 5.89. The number of hydrogen-bond donors (Lipinski definition) is 1. The highest BCUT2D eigenvalue weighted by Crippen LogP contribution is 2.18. The summed E-state index contributed by atoms with van der Waals surface area (Å²) in [7, 11) is 0. The molecule has 1 N–H and O–H groups in total. The highest BCUT2D eigenvalue weighted by Gasteiger charge is 2.09. The zero-order chi connectivity index (χ0) is 22.6. The largest absolute Gasteiger partial charge is 0.444 e. The Hall–Kier alpha value is -4.45. The van der Waals surface area contributed by atoms with E-state index in [0.29, 0.717) is 23.1 Å². The second-order valence-corrected chi connectivity index (χ2v) is 7.78. The maximum absolute atomic E-state index is 13.1. The maximum atomic E-state index is 13.1. The number of ether oxygens (including phenoxy) is 1. The number of nitrogens with zero attached hydrogens (tertiary/aromatic N) is 2. The second kappa shape index (κ2) is 8.96. The van der Waals surface area contributed by atoms with Crippen LogP contribution in [0.15, 0.2) is 102 Å². The average Bonchev–Trinajstić information content (AvgIpc) is 2.85. The van der Waals surface area contributed by atoms with Crippen molar-refractivity contribution in [2.75, 3.05) is 5.32 Å². The van der Waals surface area contributed by atoms with Gasteiger partial charge in [0.2, 0.25) is 0 Å². The summed E-state index contributed by atoms with van der Waals surface area (Å²) >= 11 is 0. The molecule has 33 heavy (non-hydrogen) atoms. The molecule has 1 aromatic heterocycles. The molecule has 1 heterocycles. The van der Waals surface area contributed by atoms with E-state index in [1.54, 1.807) is 29.1 Å². The van der Waals surface area contributed by atoms with Crippen LogP contribution < -0.4 is 10.9 Å². The van der Waals surface area contributed by atoms with Gasteiger partial charge in [-0.3, -0.25) is 14.7 Å². The molecule has 5 aromatic rings. The van der Waals surface area contributed by atoms with Crippen LogP contribution in [-0.4, -0.2) is 15.6 Å². The Kier molecular flexibility index (Phi) is 5.55. The third kappa shape index (κ3) is 4.60. The predicted molar refractivity (Wildman–Crippen MR) is 129 cm³/mol. The molecule has 162 valence electrons. The lowest BCUT2D eigenvalue weighted by atomic mass is 10.1. The van der Waals surface area contributed by atoms with Crippen molar-refractivity contribution >= 4 is 33.5 Å². The molecule has 0 atom stereocenters. The number of hydrogen-bond acceptors (Lipinski definition) is 4. The van der Waals surface area contributed by atoms with Crippen LogP contribution in [0.25, 0.3) is 21.7 Å². The Morgan fingerprint density at radius 1 is 0.848 bits per heavy atom. The number of fused-ring (bicyclic) bond motifs is 2. The summed E-state index contributed by atoms with van der Waals surface area (Å²) in [5.41, 5.74) is 2.78. The summed E-state index contributed by atoms with van der Waals surface area (Å²) in [5.74, 6) is 0. The van der Waals surface area contributed by atoms with Crippen LogP contribution in [-0.2, 0) is 17.9 Å². The van der Waals surface area contributed by atoms with Crippen LogP contribution in [0.4, 0.5) is 10.5 Å². The molecule has 0 bridgehead atoms. The first-order valence-electron chi connectivity index (χ1n) is 10.6. The first-order valence-corrected chi connectivity index (χ1v) is 10.6. The van der Waals surface area contributed by atoms with Gasteiger partial charge in [-0.25, -0.2) is 9.78 Å². The number of anilines is 1. The van der Waals surface area contributed by atoms with E-state index in [-0.39, 0.29) is 12.2 Å².